The lowest BCUT2D eigenvalue weighted by molar-refractivity contribution is 0.285. The maximum absolute atomic E-state index is 8.70. The second-order valence-electron chi connectivity index (χ2n) is 3.70. The number of fused-ring (bicyclic) bond motifs is 1. The minimum Gasteiger partial charge on any atom is -0.395 e. The Bertz CT molecular complexity index is 330. The van der Waals surface area contributed by atoms with Gasteiger partial charge in [-0.05, 0) is 36.1 Å². The maximum Gasteiger partial charge on any atom is 0.0556 e. The fourth-order valence-electron chi connectivity index (χ4n) is 2.00. The zero-order valence-corrected chi connectivity index (χ0v) is 9.94. The quantitative estimate of drug-likeness (QED) is 0.855. The number of rotatable bonds is 3. The van der Waals surface area contributed by atoms with Crippen molar-refractivity contribution in [1.29, 1.82) is 0 Å². The van der Waals surface area contributed by atoms with Crippen molar-refractivity contribution >= 4 is 24.0 Å². The second kappa shape index (κ2) is 5.71. The Morgan fingerprint density at radius 1 is 1.33 bits per heavy atom. The summed E-state index contributed by atoms with van der Waals surface area (Å²) in [7, 11) is 0. The van der Waals surface area contributed by atoms with Crippen molar-refractivity contribution < 1.29 is 5.11 Å². The van der Waals surface area contributed by atoms with E-state index in [0.29, 0.717) is 12.6 Å². The largest absolute Gasteiger partial charge is 0.395 e. The van der Waals surface area contributed by atoms with Gasteiger partial charge in [-0.15, -0.1) is 12.4 Å². The van der Waals surface area contributed by atoms with E-state index in [4.69, 9.17) is 16.7 Å². The van der Waals surface area contributed by atoms with Gasteiger partial charge in [0.15, 0.2) is 0 Å². The average Bonchev–Trinajstić information content (AvgIpc) is 2.56. The fraction of sp³-hybridized carbons (Fsp3) is 0.455. The number of aliphatic hydroxyl groups is 1. The van der Waals surface area contributed by atoms with Crippen LogP contribution in [0.1, 0.15) is 11.1 Å². The Morgan fingerprint density at radius 3 is 2.80 bits per heavy atom. The predicted molar refractivity (Wildman–Crippen MR) is 65.0 cm³/mol. The molecule has 0 amide bonds. The van der Waals surface area contributed by atoms with Crippen molar-refractivity contribution in [2.45, 2.75) is 18.9 Å². The van der Waals surface area contributed by atoms with Crippen LogP contribution >= 0.6 is 24.0 Å². The van der Waals surface area contributed by atoms with Gasteiger partial charge in [0.2, 0.25) is 0 Å². The molecular formula is C11H15Cl2NO. The summed E-state index contributed by atoms with van der Waals surface area (Å²) in [5, 5.41) is 12.8. The van der Waals surface area contributed by atoms with Crippen LogP contribution in [0, 0.1) is 0 Å². The Morgan fingerprint density at radius 2 is 2.07 bits per heavy atom. The predicted octanol–water partition coefficient (Wildman–Crippen LogP) is 1.81. The van der Waals surface area contributed by atoms with E-state index in [1.54, 1.807) is 0 Å². The van der Waals surface area contributed by atoms with E-state index in [0.717, 1.165) is 17.9 Å². The van der Waals surface area contributed by atoms with Crippen LogP contribution in [0.3, 0.4) is 0 Å². The molecule has 4 heteroatoms. The van der Waals surface area contributed by atoms with Gasteiger partial charge in [0.25, 0.3) is 0 Å². The highest BCUT2D eigenvalue weighted by Crippen LogP contribution is 2.25. The first-order chi connectivity index (χ1) is 6.79. The molecule has 1 atom stereocenters. The van der Waals surface area contributed by atoms with Gasteiger partial charge in [0.1, 0.15) is 0 Å². The molecule has 0 aromatic heterocycles. The highest BCUT2D eigenvalue weighted by molar-refractivity contribution is 6.30. The molecular weight excluding hydrogens is 233 g/mol. The highest BCUT2D eigenvalue weighted by Gasteiger charge is 2.20. The lowest BCUT2D eigenvalue weighted by Gasteiger charge is -2.09. The van der Waals surface area contributed by atoms with Crippen LogP contribution in [0.25, 0.3) is 0 Å². The molecule has 2 nitrogen and oxygen atoms in total. The van der Waals surface area contributed by atoms with Crippen molar-refractivity contribution in [1.82, 2.24) is 5.32 Å². The number of hydrogen-bond donors (Lipinski definition) is 2. The number of aliphatic hydroxyl groups excluding tert-OH is 1. The lowest BCUT2D eigenvalue weighted by atomic mass is 10.1. The molecule has 0 radical (unpaired) electrons. The van der Waals surface area contributed by atoms with Crippen molar-refractivity contribution in [2.24, 2.45) is 0 Å². The van der Waals surface area contributed by atoms with E-state index in [1.165, 1.54) is 11.1 Å². The zero-order chi connectivity index (χ0) is 9.97. The standard InChI is InChI=1S/C11H14ClNO.ClH/c12-10-2-1-8-6-11(13-3-4-14)7-9(8)5-10;/h1-2,5,11,13-14H,3-4,6-7H2;1H. The number of halogens is 2. The van der Waals surface area contributed by atoms with Crippen LogP contribution < -0.4 is 5.32 Å². The minimum atomic E-state index is 0. The molecule has 0 heterocycles. The fourth-order valence-corrected chi connectivity index (χ4v) is 2.19. The summed E-state index contributed by atoms with van der Waals surface area (Å²) in [5.41, 5.74) is 2.72. The smallest absolute Gasteiger partial charge is 0.0556 e. The molecule has 0 fully saturated rings. The van der Waals surface area contributed by atoms with E-state index in [1.807, 2.05) is 12.1 Å². The van der Waals surface area contributed by atoms with E-state index in [2.05, 4.69) is 11.4 Å². The SMILES string of the molecule is Cl.OCCNC1Cc2ccc(Cl)cc2C1. The van der Waals surface area contributed by atoms with Crippen LogP contribution in [-0.4, -0.2) is 24.3 Å². The van der Waals surface area contributed by atoms with Crippen molar-refractivity contribution in [3.05, 3.63) is 34.3 Å². The molecule has 1 aliphatic rings. The van der Waals surface area contributed by atoms with E-state index in [-0.39, 0.29) is 19.0 Å². The summed E-state index contributed by atoms with van der Waals surface area (Å²) >= 11 is 5.92. The molecule has 2 rings (SSSR count). The lowest BCUT2D eigenvalue weighted by Crippen LogP contribution is -2.31. The Balaban J connectivity index is 0.00000112. The maximum atomic E-state index is 8.70. The normalized spacial score (nSPS) is 18.4. The first kappa shape index (κ1) is 12.8. The highest BCUT2D eigenvalue weighted by atomic mass is 35.5. The van der Waals surface area contributed by atoms with Crippen molar-refractivity contribution in [3.63, 3.8) is 0 Å². The van der Waals surface area contributed by atoms with Gasteiger partial charge in [0.05, 0.1) is 6.61 Å². The van der Waals surface area contributed by atoms with Crippen LogP contribution in [0.5, 0.6) is 0 Å². The van der Waals surface area contributed by atoms with Gasteiger partial charge in [-0.1, -0.05) is 17.7 Å². The summed E-state index contributed by atoms with van der Waals surface area (Å²) in [4.78, 5) is 0. The van der Waals surface area contributed by atoms with Gasteiger partial charge in [-0.25, -0.2) is 0 Å². The van der Waals surface area contributed by atoms with Crippen molar-refractivity contribution in [3.8, 4) is 0 Å². The number of hydrogen-bond acceptors (Lipinski definition) is 2. The summed E-state index contributed by atoms with van der Waals surface area (Å²) in [5.74, 6) is 0. The number of nitrogens with one attached hydrogen (secondary N) is 1. The summed E-state index contributed by atoms with van der Waals surface area (Å²) in [6.45, 7) is 0.875. The molecule has 1 aliphatic carbocycles. The molecule has 1 unspecified atom stereocenters. The third-order valence-corrected chi connectivity index (χ3v) is 2.88. The first-order valence-corrected chi connectivity index (χ1v) is 5.29. The minimum absolute atomic E-state index is 0. The van der Waals surface area contributed by atoms with E-state index in [9.17, 15) is 0 Å². The van der Waals surface area contributed by atoms with Crippen molar-refractivity contribution in [2.75, 3.05) is 13.2 Å². The average molecular weight is 248 g/mol. The topological polar surface area (TPSA) is 32.3 Å². The summed E-state index contributed by atoms with van der Waals surface area (Å²) in [6, 6.07) is 6.54. The Labute approximate surface area is 101 Å². The molecule has 0 saturated carbocycles. The van der Waals surface area contributed by atoms with Crippen LogP contribution in [0.2, 0.25) is 5.02 Å². The van der Waals surface area contributed by atoms with E-state index < -0.39 is 0 Å². The Hall–Kier alpha value is -0.280. The van der Waals surface area contributed by atoms with E-state index >= 15 is 0 Å². The molecule has 0 aliphatic heterocycles. The van der Waals surface area contributed by atoms with Crippen LogP contribution in [0.15, 0.2) is 18.2 Å². The van der Waals surface area contributed by atoms with Gasteiger partial charge in [-0.2, -0.15) is 0 Å². The van der Waals surface area contributed by atoms with Gasteiger partial charge >= 0.3 is 0 Å². The first-order valence-electron chi connectivity index (χ1n) is 4.91. The molecule has 1 aromatic carbocycles. The molecule has 2 N–H and O–H groups in total. The monoisotopic (exact) mass is 247 g/mol. The van der Waals surface area contributed by atoms with Gasteiger partial charge < -0.3 is 10.4 Å². The molecule has 0 bridgehead atoms. The van der Waals surface area contributed by atoms with Gasteiger partial charge in [0, 0.05) is 17.6 Å². The number of benzene rings is 1. The molecule has 0 saturated heterocycles. The van der Waals surface area contributed by atoms with Crippen LogP contribution in [-0.2, 0) is 12.8 Å². The molecule has 15 heavy (non-hydrogen) atoms. The Kier molecular flexibility index (Phi) is 4.87. The molecule has 84 valence electrons. The second-order valence-corrected chi connectivity index (χ2v) is 4.13. The third-order valence-electron chi connectivity index (χ3n) is 2.65. The van der Waals surface area contributed by atoms with Crippen LogP contribution in [0.4, 0.5) is 0 Å². The zero-order valence-electron chi connectivity index (χ0n) is 8.37. The third kappa shape index (κ3) is 3.08. The molecule has 1 aromatic rings. The molecule has 0 spiro atoms. The van der Waals surface area contributed by atoms with Gasteiger partial charge in [-0.3, -0.25) is 0 Å². The summed E-state index contributed by atoms with van der Waals surface area (Å²) in [6.07, 6.45) is 2.07. The summed E-state index contributed by atoms with van der Waals surface area (Å²) < 4.78 is 0.